The molecule has 3 rings (SSSR count). The van der Waals surface area contributed by atoms with Crippen molar-refractivity contribution in [3.63, 3.8) is 0 Å². The second kappa shape index (κ2) is 3.30. The second-order valence-electron chi connectivity index (χ2n) is 4.22. The normalized spacial score (nSPS) is 23.9. The molecule has 0 bridgehead atoms. The lowest BCUT2D eigenvalue weighted by atomic mass is 9.97. The Morgan fingerprint density at radius 2 is 2.33 bits per heavy atom. The van der Waals surface area contributed by atoms with Gasteiger partial charge < -0.3 is 9.47 Å². The Bertz CT molecular complexity index is 377. The number of hydrogen-bond donors (Lipinski definition) is 0. The molecule has 1 aromatic rings. The van der Waals surface area contributed by atoms with Gasteiger partial charge in [0.2, 0.25) is 0 Å². The monoisotopic (exact) mass is 272 g/mol. The van der Waals surface area contributed by atoms with E-state index in [4.69, 9.17) is 9.47 Å². The number of hydrogen-bond acceptors (Lipinski definition) is 3. The minimum absolute atomic E-state index is 0.262. The predicted molar refractivity (Wildman–Crippen MR) is 57.7 cm³/mol. The molecule has 0 amide bonds. The van der Waals surface area contributed by atoms with E-state index in [0.29, 0.717) is 19.3 Å². The summed E-state index contributed by atoms with van der Waals surface area (Å²) in [5, 5.41) is 4.47. The maximum absolute atomic E-state index is 5.59. The molecular formula is C10H13BrN2O2. The fraction of sp³-hybridized carbons (Fsp3) is 0.700. The Morgan fingerprint density at radius 3 is 2.80 bits per heavy atom. The van der Waals surface area contributed by atoms with E-state index in [1.165, 1.54) is 12.8 Å². The van der Waals surface area contributed by atoms with Crippen LogP contribution in [0.15, 0.2) is 10.7 Å². The number of ether oxygens (including phenoxy) is 2. The van der Waals surface area contributed by atoms with Crippen LogP contribution in [0.25, 0.3) is 0 Å². The Balaban J connectivity index is 2.01. The van der Waals surface area contributed by atoms with Gasteiger partial charge in [0.25, 0.3) is 0 Å². The van der Waals surface area contributed by atoms with Crippen LogP contribution in [0.4, 0.5) is 0 Å². The van der Waals surface area contributed by atoms with Crippen molar-refractivity contribution in [3.8, 4) is 0 Å². The van der Waals surface area contributed by atoms with Gasteiger partial charge in [0, 0.05) is 7.11 Å². The summed E-state index contributed by atoms with van der Waals surface area (Å²) in [6, 6.07) is 2.61. The fourth-order valence-electron chi connectivity index (χ4n) is 1.96. The number of rotatable bonds is 3. The quantitative estimate of drug-likeness (QED) is 0.843. The van der Waals surface area contributed by atoms with Gasteiger partial charge in [0.1, 0.15) is 4.60 Å². The Morgan fingerprint density at radius 1 is 1.60 bits per heavy atom. The van der Waals surface area contributed by atoms with Crippen LogP contribution < -0.4 is 0 Å². The van der Waals surface area contributed by atoms with Crippen LogP contribution in [0.2, 0.25) is 0 Å². The van der Waals surface area contributed by atoms with Gasteiger partial charge in [-0.25, -0.2) is 0 Å². The molecule has 0 radical (unpaired) electrons. The number of nitrogens with zero attached hydrogens (tertiary/aromatic N) is 2. The molecule has 15 heavy (non-hydrogen) atoms. The molecule has 82 valence electrons. The first-order valence-electron chi connectivity index (χ1n) is 5.14. The first-order valence-corrected chi connectivity index (χ1v) is 5.93. The van der Waals surface area contributed by atoms with E-state index >= 15 is 0 Å². The van der Waals surface area contributed by atoms with Crippen molar-refractivity contribution in [1.82, 2.24) is 9.78 Å². The van der Waals surface area contributed by atoms with Gasteiger partial charge in [0.05, 0.1) is 24.9 Å². The van der Waals surface area contributed by atoms with Crippen LogP contribution >= 0.6 is 15.9 Å². The van der Waals surface area contributed by atoms with E-state index in [1.807, 2.05) is 6.07 Å². The molecule has 4 nitrogen and oxygen atoms in total. The highest BCUT2D eigenvalue weighted by atomic mass is 79.9. The molecule has 1 saturated heterocycles. The third-order valence-electron chi connectivity index (χ3n) is 3.13. The van der Waals surface area contributed by atoms with E-state index in [2.05, 4.69) is 25.7 Å². The zero-order valence-electron chi connectivity index (χ0n) is 8.57. The summed E-state index contributed by atoms with van der Waals surface area (Å²) < 4.78 is 13.8. The molecule has 2 fully saturated rings. The van der Waals surface area contributed by atoms with E-state index in [-0.39, 0.29) is 5.60 Å². The summed E-state index contributed by atoms with van der Waals surface area (Å²) in [5.41, 5.74) is 0.882. The molecule has 0 N–H and O–H groups in total. The maximum atomic E-state index is 5.59. The molecule has 0 unspecified atom stereocenters. The van der Waals surface area contributed by atoms with E-state index in [1.54, 1.807) is 7.11 Å². The smallest absolute Gasteiger partial charge is 0.155 e. The summed E-state index contributed by atoms with van der Waals surface area (Å²) in [7, 11) is 1.74. The summed E-state index contributed by atoms with van der Waals surface area (Å²) in [5.74, 6) is 0. The van der Waals surface area contributed by atoms with Gasteiger partial charge in [-0.15, -0.1) is 0 Å². The molecule has 2 aliphatic rings. The zero-order valence-corrected chi connectivity index (χ0v) is 10.2. The maximum Gasteiger partial charge on any atom is 0.155 e. The van der Waals surface area contributed by atoms with E-state index in [9.17, 15) is 0 Å². The largest absolute Gasteiger partial charge is 0.374 e. The highest BCUT2D eigenvalue weighted by molar-refractivity contribution is 9.10. The van der Waals surface area contributed by atoms with Gasteiger partial charge in [-0.3, -0.25) is 4.68 Å². The van der Waals surface area contributed by atoms with Crippen LogP contribution in [-0.4, -0.2) is 30.1 Å². The lowest BCUT2D eigenvalue weighted by Gasteiger charge is -2.40. The Hall–Kier alpha value is -0.390. The molecule has 1 aliphatic carbocycles. The van der Waals surface area contributed by atoms with Gasteiger partial charge >= 0.3 is 0 Å². The van der Waals surface area contributed by atoms with Crippen LogP contribution in [-0.2, 0) is 15.1 Å². The minimum atomic E-state index is -0.262. The van der Waals surface area contributed by atoms with Crippen molar-refractivity contribution in [1.29, 1.82) is 0 Å². The van der Waals surface area contributed by atoms with Gasteiger partial charge in [-0.2, -0.15) is 5.10 Å². The molecule has 2 heterocycles. The van der Waals surface area contributed by atoms with Crippen LogP contribution in [0.1, 0.15) is 24.6 Å². The van der Waals surface area contributed by atoms with Crippen LogP contribution in [0.5, 0.6) is 0 Å². The molecule has 0 aromatic carbocycles. The Labute approximate surface area is 96.7 Å². The SMILES string of the molecule is COC1(c2cc(Br)nn2C2CC2)COC1. The molecular weight excluding hydrogens is 260 g/mol. The zero-order chi connectivity index (χ0) is 10.5. The summed E-state index contributed by atoms with van der Waals surface area (Å²) >= 11 is 3.43. The molecule has 1 saturated carbocycles. The summed E-state index contributed by atoms with van der Waals surface area (Å²) in [6.45, 7) is 1.27. The molecule has 1 aromatic heterocycles. The highest BCUT2D eigenvalue weighted by Gasteiger charge is 2.45. The van der Waals surface area contributed by atoms with Crippen molar-refractivity contribution >= 4 is 15.9 Å². The van der Waals surface area contributed by atoms with Gasteiger partial charge in [-0.1, -0.05) is 0 Å². The average molecular weight is 273 g/mol. The Kier molecular flexibility index (Phi) is 2.16. The van der Waals surface area contributed by atoms with E-state index < -0.39 is 0 Å². The first kappa shape index (κ1) is 9.81. The standard InChI is InChI=1S/C10H13BrN2O2/c1-14-10(5-15-6-10)8-4-9(11)12-13(8)7-2-3-7/h4,7H,2-3,5-6H2,1H3. The van der Waals surface area contributed by atoms with Gasteiger partial charge in [-0.05, 0) is 34.8 Å². The lowest BCUT2D eigenvalue weighted by Crippen LogP contribution is -2.49. The van der Waals surface area contributed by atoms with Crippen molar-refractivity contribution in [2.24, 2.45) is 0 Å². The number of halogens is 1. The molecule has 1 aliphatic heterocycles. The highest BCUT2D eigenvalue weighted by Crippen LogP contribution is 2.41. The molecule has 0 atom stereocenters. The van der Waals surface area contributed by atoms with Crippen LogP contribution in [0.3, 0.4) is 0 Å². The van der Waals surface area contributed by atoms with Crippen LogP contribution in [0, 0.1) is 0 Å². The topological polar surface area (TPSA) is 36.3 Å². The first-order chi connectivity index (χ1) is 7.25. The second-order valence-corrected chi connectivity index (χ2v) is 5.03. The summed E-state index contributed by atoms with van der Waals surface area (Å²) in [6.07, 6.45) is 2.45. The van der Waals surface area contributed by atoms with E-state index in [0.717, 1.165) is 10.3 Å². The number of aromatic nitrogens is 2. The molecule has 0 spiro atoms. The van der Waals surface area contributed by atoms with Crippen molar-refractivity contribution in [2.45, 2.75) is 24.5 Å². The third kappa shape index (κ3) is 1.45. The van der Waals surface area contributed by atoms with Crippen molar-refractivity contribution < 1.29 is 9.47 Å². The van der Waals surface area contributed by atoms with Gasteiger partial charge in [0.15, 0.2) is 5.60 Å². The third-order valence-corrected chi connectivity index (χ3v) is 3.51. The minimum Gasteiger partial charge on any atom is -0.374 e. The summed E-state index contributed by atoms with van der Waals surface area (Å²) in [4.78, 5) is 0. The average Bonchev–Trinajstić information content (AvgIpc) is 2.91. The lowest BCUT2D eigenvalue weighted by molar-refractivity contribution is -0.206. The predicted octanol–water partition coefficient (Wildman–Crippen LogP) is 1.85. The van der Waals surface area contributed by atoms with Crippen molar-refractivity contribution in [3.05, 3.63) is 16.4 Å². The molecule has 5 heteroatoms. The van der Waals surface area contributed by atoms with Crippen molar-refractivity contribution in [2.75, 3.05) is 20.3 Å². The number of methoxy groups -OCH3 is 1. The fourth-order valence-corrected chi connectivity index (χ4v) is 2.35.